The second kappa shape index (κ2) is 6.64. The zero-order valence-corrected chi connectivity index (χ0v) is 10.00. The third-order valence-electron chi connectivity index (χ3n) is 2.22. The lowest BCUT2D eigenvalue weighted by atomic mass is 10.3. The van der Waals surface area contributed by atoms with E-state index in [1.165, 1.54) is 0 Å². The molecule has 0 aromatic carbocycles. The highest BCUT2D eigenvalue weighted by Crippen LogP contribution is 2.14. The van der Waals surface area contributed by atoms with Crippen molar-refractivity contribution in [1.82, 2.24) is 4.98 Å². The van der Waals surface area contributed by atoms with E-state index in [-0.39, 0.29) is 0 Å². The number of nitrogens with zero attached hydrogens (tertiary/aromatic N) is 2. The number of methoxy groups -OCH3 is 1. The van der Waals surface area contributed by atoms with Crippen molar-refractivity contribution >= 4 is 17.3 Å². The summed E-state index contributed by atoms with van der Waals surface area (Å²) in [5.41, 5.74) is 2.06. The number of hydrogen-bond donors (Lipinski definition) is 0. The normalized spacial score (nSPS) is 10.3. The standard InChI is InChI=1S/C11H17ClN2O/c1-14(6-3-7-15-2)11-4-5-13-10(8-11)9-12/h4-5,8H,3,6-7,9H2,1-2H3. The molecule has 0 atom stereocenters. The summed E-state index contributed by atoms with van der Waals surface area (Å²) in [6.45, 7) is 1.76. The molecule has 1 aromatic rings. The molecule has 0 fully saturated rings. The van der Waals surface area contributed by atoms with Gasteiger partial charge in [-0.25, -0.2) is 0 Å². The maximum Gasteiger partial charge on any atom is 0.0648 e. The molecule has 0 unspecified atom stereocenters. The van der Waals surface area contributed by atoms with Gasteiger partial charge in [-0.05, 0) is 18.6 Å². The number of halogens is 1. The Morgan fingerprint density at radius 3 is 3.00 bits per heavy atom. The average Bonchev–Trinajstić information content (AvgIpc) is 2.29. The van der Waals surface area contributed by atoms with E-state index in [4.69, 9.17) is 16.3 Å². The summed E-state index contributed by atoms with van der Waals surface area (Å²) < 4.78 is 5.01. The van der Waals surface area contributed by atoms with E-state index in [1.54, 1.807) is 13.3 Å². The smallest absolute Gasteiger partial charge is 0.0648 e. The SMILES string of the molecule is COCCCN(C)c1ccnc(CCl)c1. The van der Waals surface area contributed by atoms with Crippen LogP contribution in [0, 0.1) is 0 Å². The van der Waals surface area contributed by atoms with Gasteiger partial charge in [-0.15, -0.1) is 11.6 Å². The Hall–Kier alpha value is -0.800. The van der Waals surface area contributed by atoms with Crippen molar-refractivity contribution in [2.24, 2.45) is 0 Å². The summed E-state index contributed by atoms with van der Waals surface area (Å²) in [6.07, 6.45) is 2.81. The van der Waals surface area contributed by atoms with Crippen LogP contribution in [0.5, 0.6) is 0 Å². The van der Waals surface area contributed by atoms with Crippen molar-refractivity contribution in [3.8, 4) is 0 Å². The number of ether oxygens (including phenoxy) is 1. The maximum atomic E-state index is 5.73. The van der Waals surface area contributed by atoms with Gasteiger partial charge in [-0.2, -0.15) is 0 Å². The van der Waals surface area contributed by atoms with Gasteiger partial charge >= 0.3 is 0 Å². The van der Waals surface area contributed by atoms with E-state index in [9.17, 15) is 0 Å². The Balaban J connectivity index is 2.52. The monoisotopic (exact) mass is 228 g/mol. The zero-order chi connectivity index (χ0) is 11.1. The highest BCUT2D eigenvalue weighted by Gasteiger charge is 2.01. The van der Waals surface area contributed by atoms with Crippen LogP contribution in [0.15, 0.2) is 18.3 Å². The van der Waals surface area contributed by atoms with Crippen LogP contribution in [0.4, 0.5) is 5.69 Å². The molecular weight excluding hydrogens is 212 g/mol. The van der Waals surface area contributed by atoms with Crippen molar-refractivity contribution in [2.45, 2.75) is 12.3 Å². The molecule has 0 saturated heterocycles. The van der Waals surface area contributed by atoms with Crippen LogP contribution in [0.3, 0.4) is 0 Å². The second-order valence-electron chi connectivity index (χ2n) is 3.41. The lowest BCUT2D eigenvalue weighted by Crippen LogP contribution is -2.19. The van der Waals surface area contributed by atoms with Crippen LogP contribution in [0.1, 0.15) is 12.1 Å². The predicted molar refractivity (Wildman–Crippen MR) is 63.6 cm³/mol. The van der Waals surface area contributed by atoms with Gasteiger partial charge in [0.05, 0.1) is 11.6 Å². The Labute approximate surface area is 96.0 Å². The van der Waals surface area contributed by atoms with E-state index in [0.29, 0.717) is 5.88 Å². The summed E-state index contributed by atoms with van der Waals surface area (Å²) in [5.74, 6) is 0.458. The predicted octanol–water partition coefficient (Wildman–Crippen LogP) is 2.29. The largest absolute Gasteiger partial charge is 0.385 e. The molecule has 4 heteroatoms. The molecule has 15 heavy (non-hydrogen) atoms. The lowest BCUT2D eigenvalue weighted by Gasteiger charge is -2.19. The van der Waals surface area contributed by atoms with E-state index >= 15 is 0 Å². The van der Waals surface area contributed by atoms with Crippen LogP contribution in [-0.4, -0.2) is 32.3 Å². The number of anilines is 1. The van der Waals surface area contributed by atoms with Crippen LogP contribution >= 0.6 is 11.6 Å². The number of rotatable bonds is 6. The fraction of sp³-hybridized carbons (Fsp3) is 0.545. The number of aromatic nitrogens is 1. The highest BCUT2D eigenvalue weighted by atomic mass is 35.5. The quantitative estimate of drug-likeness (QED) is 0.552. The van der Waals surface area contributed by atoms with E-state index in [1.807, 2.05) is 12.1 Å². The van der Waals surface area contributed by atoms with Crippen molar-refractivity contribution in [3.63, 3.8) is 0 Å². The molecule has 1 heterocycles. The molecule has 0 saturated carbocycles. The molecule has 0 aliphatic heterocycles. The van der Waals surface area contributed by atoms with Crippen LogP contribution in [0.25, 0.3) is 0 Å². The molecule has 3 nitrogen and oxygen atoms in total. The molecule has 0 aliphatic rings. The summed E-state index contributed by atoms with van der Waals surface area (Å²) in [7, 11) is 3.78. The average molecular weight is 229 g/mol. The third-order valence-corrected chi connectivity index (χ3v) is 2.49. The number of alkyl halides is 1. The first-order valence-corrected chi connectivity index (χ1v) is 5.52. The molecule has 0 amide bonds. The first-order valence-electron chi connectivity index (χ1n) is 4.99. The minimum atomic E-state index is 0.458. The van der Waals surface area contributed by atoms with Crippen molar-refractivity contribution < 1.29 is 4.74 Å². The minimum Gasteiger partial charge on any atom is -0.385 e. The van der Waals surface area contributed by atoms with Gasteiger partial charge in [-0.3, -0.25) is 4.98 Å². The van der Waals surface area contributed by atoms with E-state index in [0.717, 1.165) is 31.0 Å². The van der Waals surface area contributed by atoms with E-state index < -0.39 is 0 Å². The molecule has 84 valence electrons. The van der Waals surface area contributed by atoms with Crippen molar-refractivity contribution in [1.29, 1.82) is 0 Å². The van der Waals surface area contributed by atoms with Gasteiger partial charge in [0.15, 0.2) is 0 Å². The number of hydrogen-bond acceptors (Lipinski definition) is 3. The molecule has 1 aromatic heterocycles. The summed E-state index contributed by atoms with van der Waals surface area (Å²) in [6, 6.07) is 4.00. The Morgan fingerprint density at radius 1 is 1.53 bits per heavy atom. The molecular formula is C11H17ClN2O. The van der Waals surface area contributed by atoms with Gasteiger partial charge in [-0.1, -0.05) is 0 Å². The molecule has 0 aliphatic carbocycles. The van der Waals surface area contributed by atoms with E-state index in [2.05, 4.69) is 16.9 Å². The van der Waals surface area contributed by atoms with Gasteiger partial charge in [0.2, 0.25) is 0 Å². The van der Waals surface area contributed by atoms with Gasteiger partial charge < -0.3 is 9.64 Å². The minimum absolute atomic E-state index is 0.458. The molecule has 0 radical (unpaired) electrons. The molecule has 0 N–H and O–H groups in total. The van der Waals surface area contributed by atoms with Crippen LogP contribution < -0.4 is 4.90 Å². The zero-order valence-electron chi connectivity index (χ0n) is 9.24. The first kappa shape index (κ1) is 12.3. The Morgan fingerprint density at radius 2 is 2.33 bits per heavy atom. The molecule has 0 bridgehead atoms. The molecule has 0 spiro atoms. The summed E-state index contributed by atoms with van der Waals surface area (Å²) >= 11 is 5.73. The van der Waals surface area contributed by atoms with Crippen molar-refractivity contribution in [3.05, 3.63) is 24.0 Å². The van der Waals surface area contributed by atoms with Crippen molar-refractivity contribution in [2.75, 3.05) is 32.2 Å². The number of pyridine rings is 1. The molecule has 1 rings (SSSR count). The maximum absolute atomic E-state index is 5.73. The lowest BCUT2D eigenvalue weighted by molar-refractivity contribution is 0.196. The van der Waals surface area contributed by atoms with Crippen LogP contribution in [-0.2, 0) is 10.6 Å². The fourth-order valence-corrected chi connectivity index (χ4v) is 1.50. The highest BCUT2D eigenvalue weighted by molar-refractivity contribution is 6.16. The van der Waals surface area contributed by atoms with Gasteiger partial charge in [0, 0.05) is 39.2 Å². The third kappa shape index (κ3) is 4.06. The topological polar surface area (TPSA) is 25.4 Å². The Bertz CT molecular complexity index is 294. The summed E-state index contributed by atoms with van der Waals surface area (Å²) in [5, 5.41) is 0. The van der Waals surface area contributed by atoms with Crippen LogP contribution in [0.2, 0.25) is 0 Å². The first-order chi connectivity index (χ1) is 7.27. The van der Waals surface area contributed by atoms with Gasteiger partial charge in [0.1, 0.15) is 0 Å². The van der Waals surface area contributed by atoms with Gasteiger partial charge in [0.25, 0.3) is 0 Å². The second-order valence-corrected chi connectivity index (χ2v) is 3.67. The Kier molecular flexibility index (Phi) is 5.43. The summed E-state index contributed by atoms with van der Waals surface area (Å²) in [4.78, 5) is 6.33. The fourth-order valence-electron chi connectivity index (χ4n) is 1.35.